The van der Waals surface area contributed by atoms with E-state index in [9.17, 15) is 9.59 Å². The van der Waals surface area contributed by atoms with Gasteiger partial charge in [0.25, 0.3) is 5.91 Å². The highest BCUT2D eigenvalue weighted by atomic mass is 16.5. The molecule has 0 atom stereocenters. The smallest absolute Gasteiger partial charge is 0.251 e. The molecule has 0 spiro atoms. The monoisotopic (exact) mass is 326 g/mol. The van der Waals surface area contributed by atoms with Gasteiger partial charge in [-0.1, -0.05) is 18.2 Å². The van der Waals surface area contributed by atoms with Crippen LogP contribution in [0.5, 0.6) is 5.75 Å². The molecule has 0 saturated carbocycles. The largest absolute Gasteiger partial charge is 0.496 e. The highest BCUT2D eigenvalue weighted by molar-refractivity contribution is 5.99. The van der Waals surface area contributed by atoms with E-state index in [-0.39, 0.29) is 18.4 Å². The molecule has 0 aliphatic carbocycles. The lowest BCUT2D eigenvalue weighted by molar-refractivity contribution is -0.115. The Morgan fingerprint density at radius 1 is 1.04 bits per heavy atom. The van der Waals surface area contributed by atoms with Crippen molar-refractivity contribution in [2.45, 2.75) is 20.8 Å². The number of aryl methyl sites for hydroxylation is 1. The Labute approximate surface area is 142 Å². The fraction of sp³-hybridized carbons (Fsp3) is 0.263. The van der Waals surface area contributed by atoms with Crippen molar-refractivity contribution < 1.29 is 14.3 Å². The first-order chi connectivity index (χ1) is 11.4. The minimum Gasteiger partial charge on any atom is -0.496 e. The van der Waals surface area contributed by atoms with Gasteiger partial charge in [-0.2, -0.15) is 0 Å². The number of rotatable bonds is 5. The number of hydrogen-bond acceptors (Lipinski definition) is 3. The molecule has 24 heavy (non-hydrogen) atoms. The maximum absolute atomic E-state index is 12.1. The summed E-state index contributed by atoms with van der Waals surface area (Å²) >= 11 is 0. The molecule has 0 unspecified atom stereocenters. The Hall–Kier alpha value is -2.82. The van der Waals surface area contributed by atoms with Crippen molar-refractivity contribution >= 4 is 17.5 Å². The number of carbonyl (C=O) groups is 2. The molecule has 2 N–H and O–H groups in total. The standard InChI is InChI=1S/C19H22N2O3/c1-12-10-16(13(2)14(3)18(12)24-4)21-17(22)11-20-19(23)15-8-6-5-7-9-15/h5-10H,11H2,1-4H3,(H,20,23)(H,21,22). The van der Waals surface area contributed by atoms with Crippen LogP contribution in [0.4, 0.5) is 5.69 Å². The third-order valence-electron chi connectivity index (χ3n) is 3.95. The first-order valence-electron chi connectivity index (χ1n) is 7.72. The van der Waals surface area contributed by atoms with Crippen LogP contribution in [0.25, 0.3) is 0 Å². The lowest BCUT2D eigenvalue weighted by Crippen LogP contribution is -2.33. The molecule has 0 heterocycles. The number of amides is 2. The average molecular weight is 326 g/mol. The van der Waals surface area contributed by atoms with Crippen LogP contribution in [0.2, 0.25) is 0 Å². The van der Waals surface area contributed by atoms with E-state index in [1.54, 1.807) is 31.4 Å². The molecule has 0 aromatic heterocycles. The maximum atomic E-state index is 12.1. The second-order valence-electron chi connectivity index (χ2n) is 5.62. The molecule has 0 aliphatic rings. The van der Waals surface area contributed by atoms with Gasteiger partial charge in [-0.25, -0.2) is 0 Å². The van der Waals surface area contributed by atoms with Gasteiger partial charge < -0.3 is 15.4 Å². The van der Waals surface area contributed by atoms with Gasteiger partial charge in [-0.05, 0) is 55.7 Å². The lowest BCUT2D eigenvalue weighted by Gasteiger charge is -2.16. The van der Waals surface area contributed by atoms with Gasteiger partial charge in [-0.15, -0.1) is 0 Å². The molecule has 0 saturated heterocycles. The molecule has 2 rings (SSSR count). The molecule has 2 aromatic rings. The summed E-state index contributed by atoms with van der Waals surface area (Å²) in [6.45, 7) is 5.72. The summed E-state index contributed by atoms with van der Waals surface area (Å²) in [4.78, 5) is 24.1. The molecule has 0 fully saturated rings. The van der Waals surface area contributed by atoms with E-state index in [4.69, 9.17) is 4.74 Å². The van der Waals surface area contributed by atoms with Crippen LogP contribution in [0.15, 0.2) is 36.4 Å². The van der Waals surface area contributed by atoms with E-state index < -0.39 is 0 Å². The van der Waals surface area contributed by atoms with Crippen LogP contribution in [-0.2, 0) is 4.79 Å². The molecular weight excluding hydrogens is 304 g/mol. The van der Waals surface area contributed by atoms with Crippen LogP contribution in [-0.4, -0.2) is 25.5 Å². The summed E-state index contributed by atoms with van der Waals surface area (Å²) in [5.41, 5.74) is 4.13. The molecular formula is C19H22N2O3. The molecule has 126 valence electrons. The Morgan fingerprint density at radius 3 is 2.33 bits per heavy atom. The normalized spacial score (nSPS) is 10.2. The molecule has 0 aliphatic heterocycles. The highest BCUT2D eigenvalue weighted by Crippen LogP contribution is 2.31. The number of methoxy groups -OCH3 is 1. The van der Waals surface area contributed by atoms with E-state index >= 15 is 0 Å². The summed E-state index contributed by atoms with van der Waals surface area (Å²) in [7, 11) is 1.63. The van der Waals surface area contributed by atoms with E-state index in [2.05, 4.69) is 10.6 Å². The fourth-order valence-electron chi connectivity index (χ4n) is 2.55. The molecule has 2 amide bonds. The Bertz CT molecular complexity index is 755. The fourth-order valence-corrected chi connectivity index (χ4v) is 2.55. The summed E-state index contributed by atoms with van der Waals surface area (Å²) in [5.74, 6) is 0.277. The minimum atomic E-state index is -0.274. The van der Waals surface area contributed by atoms with Gasteiger partial charge in [0, 0.05) is 11.3 Å². The van der Waals surface area contributed by atoms with Gasteiger partial charge in [-0.3, -0.25) is 9.59 Å². The maximum Gasteiger partial charge on any atom is 0.251 e. The Morgan fingerprint density at radius 2 is 1.71 bits per heavy atom. The van der Waals surface area contributed by atoms with Crippen LogP contribution in [0, 0.1) is 20.8 Å². The lowest BCUT2D eigenvalue weighted by atomic mass is 10.0. The molecule has 5 heteroatoms. The van der Waals surface area contributed by atoms with Crippen LogP contribution in [0.3, 0.4) is 0 Å². The van der Waals surface area contributed by atoms with E-state index in [0.29, 0.717) is 5.56 Å². The van der Waals surface area contributed by atoms with Crippen molar-refractivity contribution in [1.29, 1.82) is 0 Å². The van der Waals surface area contributed by atoms with Gasteiger partial charge >= 0.3 is 0 Å². The molecule has 5 nitrogen and oxygen atoms in total. The minimum absolute atomic E-state index is 0.0860. The quantitative estimate of drug-likeness (QED) is 0.887. The van der Waals surface area contributed by atoms with Crippen molar-refractivity contribution in [3.63, 3.8) is 0 Å². The third kappa shape index (κ3) is 3.93. The van der Waals surface area contributed by atoms with Crippen molar-refractivity contribution in [3.8, 4) is 5.75 Å². The molecule has 0 radical (unpaired) electrons. The Balaban J connectivity index is 2.02. The first kappa shape index (κ1) is 17.5. The summed E-state index contributed by atoms with van der Waals surface area (Å²) < 4.78 is 5.37. The number of nitrogens with one attached hydrogen (secondary N) is 2. The number of hydrogen-bond donors (Lipinski definition) is 2. The predicted octanol–water partition coefficient (Wildman–Crippen LogP) is 2.99. The van der Waals surface area contributed by atoms with Gasteiger partial charge in [0.2, 0.25) is 5.91 Å². The second kappa shape index (κ2) is 7.64. The SMILES string of the molecule is COc1c(C)cc(NC(=O)CNC(=O)c2ccccc2)c(C)c1C. The first-order valence-corrected chi connectivity index (χ1v) is 7.72. The van der Waals surface area contributed by atoms with Gasteiger partial charge in [0.15, 0.2) is 0 Å². The average Bonchev–Trinajstić information content (AvgIpc) is 2.58. The predicted molar refractivity (Wildman–Crippen MR) is 94.6 cm³/mol. The van der Waals surface area contributed by atoms with Crippen molar-refractivity contribution in [3.05, 3.63) is 58.7 Å². The molecule has 0 bridgehead atoms. The van der Waals surface area contributed by atoms with Crippen molar-refractivity contribution in [2.75, 3.05) is 19.0 Å². The van der Waals surface area contributed by atoms with E-state index in [0.717, 1.165) is 28.1 Å². The number of ether oxygens (including phenoxy) is 1. The van der Waals surface area contributed by atoms with Crippen LogP contribution < -0.4 is 15.4 Å². The molecule has 2 aromatic carbocycles. The third-order valence-corrected chi connectivity index (χ3v) is 3.95. The van der Waals surface area contributed by atoms with E-state index in [1.807, 2.05) is 32.9 Å². The van der Waals surface area contributed by atoms with Crippen molar-refractivity contribution in [2.24, 2.45) is 0 Å². The topological polar surface area (TPSA) is 67.4 Å². The summed E-state index contributed by atoms with van der Waals surface area (Å²) in [6, 6.07) is 10.7. The Kier molecular flexibility index (Phi) is 5.58. The van der Waals surface area contributed by atoms with Crippen LogP contribution >= 0.6 is 0 Å². The van der Waals surface area contributed by atoms with Crippen LogP contribution in [0.1, 0.15) is 27.0 Å². The number of carbonyl (C=O) groups excluding carboxylic acids is 2. The van der Waals surface area contributed by atoms with Crippen molar-refractivity contribution in [1.82, 2.24) is 5.32 Å². The second-order valence-corrected chi connectivity index (χ2v) is 5.62. The zero-order valence-electron chi connectivity index (χ0n) is 14.4. The number of anilines is 1. The zero-order valence-corrected chi connectivity index (χ0v) is 14.4. The zero-order chi connectivity index (χ0) is 17.7. The summed E-state index contributed by atoms with van der Waals surface area (Å²) in [6.07, 6.45) is 0. The highest BCUT2D eigenvalue weighted by Gasteiger charge is 2.13. The van der Waals surface area contributed by atoms with Gasteiger partial charge in [0.05, 0.1) is 13.7 Å². The van der Waals surface area contributed by atoms with Gasteiger partial charge in [0.1, 0.15) is 5.75 Å². The van der Waals surface area contributed by atoms with E-state index in [1.165, 1.54) is 0 Å². The number of benzene rings is 2. The summed E-state index contributed by atoms with van der Waals surface area (Å²) in [5, 5.41) is 5.46.